The molecule has 6 heteroatoms. The SMILES string of the molecule is CN(C)S(=O)(=O)c1ccc(C(=O)/C=C/c2ccco2)cc1. The Labute approximate surface area is 123 Å². The van der Waals surface area contributed by atoms with Crippen LogP contribution in [-0.4, -0.2) is 32.6 Å². The van der Waals surface area contributed by atoms with Crippen LogP contribution in [-0.2, 0) is 10.0 Å². The van der Waals surface area contributed by atoms with Gasteiger partial charge in [0, 0.05) is 19.7 Å². The first kappa shape index (κ1) is 15.2. The lowest BCUT2D eigenvalue weighted by Crippen LogP contribution is -2.22. The monoisotopic (exact) mass is 305 g/mol. The van der Waals surface area contributed by atoms with Gasteiger partial charge < -0.3 is 4.42 Å². The minimum atomic E-state index is -3.48. The van der Waals surface area contributed by atoms with E-state index in [1.54, 1.807) is 18.2 Å². The minimum Gasteiger partial charge on any atom is -0.465 e. The summed E-state index contributed by atoms with van der Waals surface area (Å²) in [5.74, 6) is 0.357. The van der Waals surface area contributed by atoms with Gasteiger partial charge in [-0.25, -0.2) is 12.7 Å². The second kappa shape index (κ2) is 6.07. The fraction of sp³-hybridized carbons (Fsp3) is 0.133. The molecule has 1 heterocycles. The zero-order valence-electron chi connectivity index (χ0n) is 11.7. The Morgan fingerprint density at radius 2 is 1.81 bits per heavy atom. The maximum absolute atomic E-state index is 11.9. The van der Waals surface area contributed by atoms with Crippen LogP contribution in [0.15, 0.2) is 58.1 Å². The molecule has 21 heavy (non-hydrogen) atoms. The maximum atomic E-state index is 11.9. The van der Waals surface area contributed by atoms with Crippen molar-refractivity contribution in [2.24, 2.45) is 0 Å². The quantitative estimate of drug-likeness (QED) is 0.628. The highest BCUT2D eigenvalue weighted by Crippen LogP contribution is 2.15. The molecule has 5 nitrogen and oxygen atoms in total. The summed E-state index contributed by atoms with van der Waals surface area (Å²) in [6.45, 7) is 0. The highest BCUT2D eigenvalue weighted by Gasteiger charge is 2.17. The summed E-state index contributed by atoms with van der Waals surface area (Å²) < 4.78 is 30.0. The number of sulfonamides is 1. The fourth-order valence-corrected chi connectivity index (χ4v) is 2.54. The zero-order chi connectivity index (χ0) is 15.5. The van der Waals surface area contributed by atoms with Crippen molar-refractivity contribution in [1.29, 1.82) is 0 Å². The summed E-state index contributed by atoms with van der Waals surface area (Å²) in [6.07, 6.45) is 4.46. The van der Waals surface area contributed by atoms with E-state index >= 15 is 0 Å². The van der Waals surface area contributed by atoms with Crippen LogP contribution in [0.5, 0.6) is 0 Å². The van der Waals surface area contributed by atoms with Crippen LogP contribution < -0.4 is 0 Å². The molecule has 0 unspecified atom stereocenters. The lowest BCUT2D eigenvalue weighted by molar-refractivity contribution is 0.104. The van der Waals surface area contributed by atoms with E-state index in [-0.39, 0.29) is 10.7 Å². The van der Waals surface area contributed by atoms with Crippen molar-refractivity contribution < 1.29 is 17.6 Å². The van der Waals surface area contributed by atoms with E-state index in [0.717, 1.165) is 4.31 Å². The Morgan fingerprint density at radius 1 is 1.14 bits per heavy atom. The standard InChI is InChI=1S/C15H15NO4S/c1-16(2)21(18,19)14-8-5-12(6-9-14)15(17)10-7-13-4-3-11-20-13/h3-11H,1-2H3/b10-7+. The fourth-order valence-electron chi connectivity index (χ4n) is 1.64. The Bertz CT molecular complexity index is 741. The number of carbonyl (C=O) groups is 1. The van der Waals surface area contributed by atoms with Crippen molar-refractivity contribution in [3.05, 3.63) is 60.1 Å². The topological polar surface area (TPSA) is 67.6 Å². The highest BCUT2D eigenvalue weighted by atomic mass is 32.2. The summed E-state index contributed by atoms with van der Waals surface area (Å²) in [4.78, 5) is 12.1. The van der Waals surface area contributed by atoms with Crippen molar-refractivity contribution in [2.45, 2.75) is 4.90 Å². The normalized spacial score (nSPS) is 12.1. The van der Waals surface area contributed by atoms with Gasteiger partial charge >= 0.3 is 0 Å². The second-order valence-electron chi connectivity index (χ2n) is 4.52. The second-order valence-corrected chi connectivity index (χ2v) is 6.68. The summed E-state index contributed by atoms with van der Waals surface area (Å²) >= 11 is 0. The number of rotatable bonds is 5. The number of carbonyl (C=O) groups excluding carboxylic acids is 1. The molecular weight excluding hydrogens is 290 g/mol. The molecule has 0 atom stereocenters. The predicted molar refractivity (Wildman–Crippen MR) is 79.4 cm³/mol. The number of hydrogen-bond acceptors (Lipinski definition) is 4. The van der Waals surface area contributed by atoms with Crippen molar-refractivity contribution in [2.75, 3.05) is 14.1 Å². The first-order chi connectivity index (χ1) is 9.91. The van der Waals surface area contributed by atoms with Gasteiger partial charge in [-0.05, 0) is 48.6 Å². The molecule has 0 aliphatic rings. The molecule has 0 bridgehead atoms. The summed E-state index contributed by atoms with van der Waals surface area (Å²) in [5, 5.41) is 0. The Morgan fingerprint density at radius 3 is 2.33 bits per heavy atom. The Hall–Kier alpha value is -2.18. The molecule has 0 N–H and O–H groups in total. The van der Waals surface area contributed by atoms with Crippen molar-refractivity contribution in [3.63, 3.8) is 0 Å². The van der Waals surface area contributed by atoms with Crippen LogP contribution in [0.2, 0.25) is 0 Å². The van der Waals surface area contributed by atoms with E-state index in [9.17, 15) is 13.2 Å². The summed E-state index contributed by atoms with van der Waals surface area (Å²) in [7, 11) is -0.560. The third kappa shape index (κ3) is 3.48. The van der Waals surface area contributed by atoms with Gasteiger partial charge in [-0.3, -0.25) is 4.79 Å². The van der Waals surface area contributed by atoms with Crippen LogP contribution in [0.1, 0.15) is 16.1 Å². The third-order valence-electron chi connectivity index (χ3n) is 2.86. The number of nitrogens with zero attached hydrogens (tertiary/aromatic N) is 1. The largest absolute Gasteiger partial charge is 0.465 e. The minimum absolute atomic E-state index is 0.152. The van der Waals surface area contributed by atoms with Crippen LogP contribution >= 0.6 is 0 Å². The molecule has 2 rings (SSSR count). The van der Waals surface area contributed by atoms with Gasteiger partial charge in [0.05, 0.1) is 11.2 Å². The van der Waals surface area contributed by atoms with Gasteiger partial charge in [0.25, 0.3) is 0 Å². The van der Waals surface area contributed by atoms with Gasteiger partial charge in [0.15, 0.2) is 5.78 Å². The number of hydrogen-bond donors (Lipinski definition) is 0. The molecule has 0 aliphatic carbocycles. The van der Waals surface area contributed by atoms with Crippen LogP contribution in [0.25, 0.3) is 6.08 Å². The smallest absolute Gasteiger partial charge is 0.242 e. The van der Waals surface area contributed by atoms with E-state index in [2.05, 4.69) is 0 Å². The number of ketones is 1. The van der Waals surface area contributed by atoms with Crippen molar-refractivity contribution in [3.8, 4) is 0 Å². The molecule has 0 aliphatic heterocycles. The van der Waals surface area contributed by atoms with Crippen LogP contribution in [0, 0.1) is 0 Å². The molecule has 0 radical (unpaired) electrons. The van der Waals surface area contributed by atoms with E-state index < -0.39 is 10.0 Å². The average molecular weight is 305 g/mol. The molecular formula is C15H15NO4S. The van der Waals surface area contributed by atoms with E-state index in [4.69, 9.17) is 4.42 Å². The van der Waals surface area contributed by atoms with Gasteiger partial charge in [0.2, 0.25) is 10.0 Å². The number of benzene rings is 1. The molecule has 0 spiro atoms. The Kier molecular flexibility index (Phi) is 4.40. The molecule has 110 valence electrons. The first-order valence-corrected chi connectivity index (χ1v) is 7.64. The van der Waals surface area contributed by atoms with Gasteiger partial charge in [0.1, 0.15) is 5.76 Å². The van der Waals surface area contributed by atoms with E-state index in [1.807, 2.05) is 0 Å². The third-order valence-corrected chi connectivity index (χ3v) is 4.69. The number of allylic oxidation sites excluding steroid dienone is 1. The van der Waals surface area contributed by atoms with E-state index in [0.29, 0.717) is 11.3 Å². The molecule has 0 saturated carbocycles. The lowest BCUT2D eigenvalue weighted by atomic mass is 10.1. The van der Waals surface area contributed by atoms with Crippen LogP contribution in [0.3, 0.4) is 0 Å². The van der Waals surface area contributed by atoms with Gasteiger partial charge in [-0.2, -0.15) is 0 Å². The lowest BCUT2D eigenvalue weighted by Gasteiger charge is -2.11. The summed E-state index contributed by atoms with van der Waals surface area (Å²) in [6, 6.07) is 9.28. The highest BCUT2D eigenvalue weighted by molar-refractivity contribution is 7.89. The molecule has 1 aromatic carbocycles. The van der Waals surface area contributed by atoms with Gasteiger partial charge in [-0.1, -0.05) is 0 Å². The predicted octanol–water partition coefficient (Wildman–Crippen LogP) is 2.43. The number of furan rings is 1. The Balaban J connectivity index is 2.18. The molecule has 0 saturated heterocycles. The van der Waals surface area contributed by atoms with Crippen molar-refractivity contribution in [1.82, 2.24) is 4.31 Å². The van der Waals surface area contributed by atoms with E-state index in [1.165, 1.54) is 50.7 Å². The van der Waals surface area contributed by atoms with Crippen LogP contribution in [0.4, 0.5) is 0 Å². The van der Waals surface area contributed by atoms with Gasteiger partial charge in [-0.15, -0.1) is 0 Å². The molecule has 1 aromatic heterocycles. The zero-order valence-corrected chi connectivity index (χ0v) is 12.5. The molecule has 0 fully saturated rings. The molecule has 2 aromatic rings. The maximum Gasteiger partial charge on any atom is 0.242 e. The van der Waals surface area contributed by atoms with Crippen molar-refractivity contribution >= 4 is 21.9 Å². The first-order valence-electron chi connectivity index (χ1n) is 6.20. The summed E-state index contributed by atoms with van der Waals surface area (Å²) in [5.41, 5.74) is 0.413. The average Bonchev–Trinajstić information content (AvgIpc) is 2.98. The molecule has 0 amide bonds.